The minimum absolute atomic E-state index is 0. The van der Waals surface area contributed by atoms with Crippen LogP contribution in [0.5, 0.6) is 0 Å². The molecule has 0 saturated heterocycles. The fraction of sp³-hybridized carbons (Fsp3) is 0. The molecule has 0 amide bonds. The first-order valence-corrected chi connectivity index (χ1v) is 0. The van der Waals surface area contributed by atoms with Crippen molar-refractivity contribution in [3.05, 3.63) is 7.43 Å². The zero-order valence-electron chi connectivity index (χ0n) is 3.72. The van der Waals surface area contributed by atoms with Crippen molar-refractivity contribution < 1.29 is 154 Å². The summed E-state index contributed by atoms with van der Waals surface area (Å²) >= 11 is 0. The normalized spacial score (nSPS) is 0. The van der Waals surface area contributed by atoms with Gasteiger partial charge in [0.25, 0.3) is 0 Å². The zero-order chi connectivity index (χ0) is 0. The van der Waals surface area contributed by atoms with Crippen LogP contribution in [0.4, 0.5) is 0 Å². The fourth-order valence-corrected chi connectivity index (χ4v) is 0. The van der Waals surface area contributed by atoms with Crippen LogP contribution in [0.25, 0.3) is 0 Å². The molecule has 0 bridgehead atoms. The summed E-state index contributed by atoms with van der Waals surface area (Å²) in [5, 5.41) is 0. The molecular formula is CBr7La. The molecule has 9 heavy (non-hydrogen) atoms. The second kappa shape index (κ2) is 80.8. The first kappa shape index (κ1) is 103. The van der Waals surface area contributed by atoms with E-state index in [1.807, 2.05) is 0 Å². The summed E-state index contributed by atoms with van der Waals surface area (Å²) < 4.78 is 0. The monoisotopic (exact) mass is 703 g/mol. The van der Waals surface area contributed by atoms with E-state index in [2.05, 4.69) is 0 Å². The van der Waals surface area contributed by atoms with Gasteiger partial charge in [0, 0.05) is 0 Å². The van der Waals surface area contributed by atoms with Crippen LogP contribution in [0.3, 0.4) is 0 Å². The van der Waals surface area contributed by atoms with E-state index < -0.39 is 0 Å². The number of halogens is 7. The van der Waals surface area contributed by atoms with Gasteiger partial charge in [-0.2, -0.15) is 0 Å². The van der Waals surface area contributed by atoms with E-state index >= 15 is 0 Å². The Balaban J connectivity index is 0. The molecule has 0 spiro atoms. The van der Waals surface area contributed by atoms with E-state index in [9.17, 15) is 0 Å². The molecule has 0 unspecified atom stereocenters. The van der Waals surface area contributed by atoms with Crippen molar-refractivity contribution in [3.8, 4) is 0 Å². The molecule has 0 fully saturated rings. The Morgan fingerprint density at radius 3 is 0.333 bits per heavy atom. The van der Waals surface area contributed by atoms with Gasteiger partial charge in [0.1, 0.15) is 0 Å². The smallest absolute Gasteiger partial charge is 1.00 e. The van der Waals surface area contributed by atoms with Crippen LogP contribution in [0.1, 0.15) is 0 Å². The van der Waals surface area contributed by atoms with Crippen molar-refractivity contribution in [1.29, 1.82) is 0 Å². The Morgan fingerprint density at radius 2 is 0.333 bits per heavy atom. The van der Waals surface area contributed by atoms with Crippen LogP contribution in [0, 0.1) is 43.0 Å². The van der Waals surface area contributed by atoms with Gasteiger partial charge in [-0.05, 0) is 0 Å². The first-order valence-electron chi connectivity index (χ1n) is 0. The van der Waals surface area contributed by atoms with Gasteiger partial charge >= 0.3 is 43.0 Å². The molecule has 56 valence electrons. The van der Waals surface area contributed by atoms with E-state index in [1.165, 1.54) is 0 Å². The molecule has 0 aliphatic heterocycles. The summed E-state index contributed by atoms with van der Waals surface area (Å²) in [6.45, 7) is 0. The van der Waals surface area contributed by atoms with Crippen molar-refractivity contribution in [3.63, 3.8) is 0 Å². The van der Waals surface area contributed by atoms with Gasteiger partial charge in [-0.1, -0.05) is 0 Å². The van der Waals surface area contributed by atoms with Crippen LogP contribution in [-0.2, 0) is 0 Å². The predicted molar refractivity (Wildman–Crippen MR) is 3.24 cm³/mol. The molecule has 0 aromatic rings. The van der Waals surface area contributed by atoms with Crippen LogP contribution in [-0.4, -0.2) is 0 Å². The summed E-state index contributed by atoms with van der Waals surface area (Å²) in [5.74, 6) is 0. The zero-order valence-corrected chi connectivity index (χ0v) is 18.5. The number of rotatable bonds is 0. The fourth-order valence-electron chi connectivity index (χ4n) is 0. The van der Waals surface area contributed by atoms with E-state index in [0.29, 0.717) is 0 Å². The molecule has 0 heterocycles. The predicted octanol–water partition coefficient (Wildman–Crippen LogP) is -20.9. The van der Waals surface area contributed by atoms with E-state index in [4.69, 9.17) is 0 Å². The standard InChI is InChI=1S/C.7BrH.La/h;7*1H;/q+4;;;;;;;;+3/p-7. The molecule has 0 aromatic heterocycles. The van der Waals surface area contributed by atoms with Gasteiger partial charge in [-0.3, -0.25) is 0 Å². The van der Waals surface area contributed by atoms with Crippen LogP contribution in [0.15, 0.2) is 0 Å². The van der Waals surface area contributed by atoms with Crippen molar-refractivity contribution >= 4 is 0 Å². The topological polar surface area (TPSA) is 0 Å². The van der Waals surface area contributed by atoms with Crippen LogP contribution in [0.2, 0.25) is 0 Å². The summed E-state index contributed by atoms with van der Waals surface area (Å²) in [6, 6.07) is 0. The van der Waals surface area contributed by atoms with Gasteiger partial charge < -0.3 is 119 Å². The molecule has 0 N–H and O–H groups in total. The third kappa shape index (κ3) is 67.4. The van der Waals surface area contributed by atoms with Gasteiger partial charge in [0.15, 0.2) is 0 Å². The summed E-state index contributed by atoms with van der Waals surface area (Å²) in [6.07, 6.45) is 0. The molecule has 0 rings (SSSR count). The largest absolute Gasteiger partial charge is 4.00 e. The Bertz CT molecular complexity index is 8.88. The SMILES string of the molecule is [Br-].[Br-].[Br-].[Br-].[Br-].[Br-].[Br-].[C+4].[La+3]. The Kier molecular flexibility index (Phi) is 925. The third-order valence-corrected chi connectivity index (χ3v) is 0. The van der Waals surface area contributed by atoms with Crippen LogP contribution < -0.4 is 119 Å². The average molecular weight is 710 g/mol. The second-order valence-corrected chi connectivity index (χ2v) is 0. The van der Waals surface area contributed by atoms with Crippen molar-refractivity contribution in [2.45, 2.75) is 0 Å². The summed E-state index contributed by atoms with van der Waals surface area (Å²) in [4.78, 5) is 0. The van der Waals surface area contributed by atoms with Gasteiger partial charge in [0.05, 0.1) is 0 Å². The summed E-state index contributed by atoms with van der Waals surface area (Å²) in [5.41, 5.74) is 0. The molecule has 8 heteroatoms. The molecule has 0 aliphatic rings. The summed E-state index contributed by atoms with van der Waals surface area (Å²) in [7, 11) is 0. The Labute approximate surface area is 158 Å². The molecular weight excluding hydrogens is 710 g/mol. The van der Waals surface area contributed by atoms with E-state index in [-0.39, 0.29) is 162 Å². The van der Waals surface area contributed by atoms with Crippen molar-refractivity contribution in [2.24, 2.45) is 0 Å². The van der Waals surface area contributed by atoms with E-state index in [1.54, 1.807) is 0 Å². The molecule has 0 radical (unpaired) electrons. The van der Waals surface area contributed by atoms with Gasteiger partial charge in [-0.25, -0.2) is 0 Å². The minimum Gasteiger partial charge on any atom is -1.00 e. The van der Waals surface area contributed by atoms with Gasteiger partial charge in [-0.15, -0.1) is 0 Å². The molecule has 0 saturated carbocycles. The second-order valence-electron chi connectivity index (χ2n) is 0. The van der Waals surface area contributed by atoms with E-state index in [0.717, 1.165) is 0 Å². The number of hydrogen-bond acceptors (Lipinski definition) is 0. The average Bonchev–Trinajstić information content (AvgIpc) is 0. The third-order valence-electron chi connectivity index (χ3n) is 0. The maximum atomic E-state index is 0. The van der Waals surface area contributed by atoms with Crippen molar-refractivity contribution in [1.82, 2.24) is 0 Å². The first-order chi connectivity index (χ1) is 0. The number of hydrogen-bond donors (Lipinski definition) is 0. The molecule has 0 atom stereocenters. The Hall–Kier alpha value is 4.55. The Morgan fingerprint density at radius 1 is 0.333 bits per heavy atom. The minimum atomic E-state index is 0. The maximum Gasteiger partial charge on any atom is 4.00 e. The molecule has 0 aromatic carbocycles. The van der Waals surface area contributed by atoms with Crippen LogP contribution >= 0.6 is 0 Å². The quantitative estimate of drug-likeness (QED) is 0.235. The van der Waals surface area contributed by atoms with Crippen molar-refractivity contribution in [2.75, 3.05) is 0 Å². The molecule has 0 aliphatic carbocycles. The molecule has 0 nitrogen and oxygen atoms in total. The maximum absolute atomic E-state index is 0. The van der Waals surface area contributed by atoms with Gasteiger partial charge in [0.2, 0.25) is 0 Å².